The van der Waals surface area contributed by atoms with Crippen molar-refractivity contribution in [3.05, 3.63) is 51.3 Å². The van der Waals surface area contributed by atoms with Gasteiger partial charge in [-0.05, 0) is 45.1 Å². The van der Waals surface area contributed by atoms with Gasteiger partial charge in [-0.3, -0.25) is 4.79 Å². The quantitative estimate of drug-likeness (QED) is 0.839. The van der Waals surface area contributed by atoms with Gasteiger partial charge in [-0.1, -0.05) is 12.1 Å². The lowest BCUT2D eigenvalue weighted by molar-refractivity contribution is 0.1000. The summed E-state index contributed by atoms with van der Waals surface area (Å²) in [6.45, 7) is 0.0911. The molecule has 2 aromatic rings. The molecule has 0 saturated heterocycles. The number of rotatable bonds is 5. The minimum absolute atomic E-state index is 0.0911. The number of halogens is 1. The number of amides is 1. The van der Waals surface area contributed by atoms with Crippen LogP contribution in [-0.2, 0) is 16.6 Å². The van der Waals surface area contributed by atoms with E-state index in [2.05, 4.69) is 20.7 Å². The fourth-order valence-corrected chi connectivity index (χ4v) is 4.95. The molecule has 106 valence electrons. The zero-order valence-corrected chi connectivity index (χ0v) is 13.4. The summed E-state index contributed by atoms with van der Waals surface area (Å²) in [7, 11) is -3.57. The van der Waals surface area contributed by atoms with Crippen LogP contribution in [0, 0.1) is 0 Å². The molecule has 0 aliphatic rings. The Morgan fingerprint density at radius 2 is 2.10 bits per heavy atom. The second kappa shape index (κ2) is 6.04. The molecule has 2 rings (SSSR count). The molecule has 0 unspecified atom stereocenters. The predicted molar refractivity (Wildman–Crippen MR) is 81.0 cm³/mol. The minimum atomic E-state index is -3.57. The van der Waals surface area contributed by atoms with Crippen LogP contribution in [0.4, 0.5) is 0 Å². The van der Waals surface area contributed by atoms with Crippen molar-refractivity contribution in [2.24, 2.45) is 5.73 Å². The normalized spacial score (nSPS) is 11.4. The maximum Gasteiger partial charge on any atom is 0.251 e. The summed E-state index contributed by atoms with van der Waals surface area (Å²) >= 11 is 4.32. The van der Waals surface area contributed by atoms with E-state index in [4.69, 9.17) is 5.73 Å². The van der Waals surface area contributed by atoms with E-state index in [0.29, 0.717) is 15.6 Å². The van der Waals surface area contributed by atoms with Crippen molar-refractivity contribution in [1.82, 2.24) is 4.72 Å². The first kappa shape index (κ1) is 15.2. The minimum Gasteiger partial charge on any atom is -0.366 e. The average molecular weight is 375 g/mol. The average Bonchev–Trinajstić information content (AvgIpc) is 2.84. The highest BCUT2D eigenvalue weighted by Crippen LogP contribution is 2.27. The molecule has 8 heteroatoms. The zero-order chi connectivity index (χ0) is 14.8. The Labute approximate surface area is 129 Å². The van der Waals surface area contributed by atoms with Gasteiger partial charge in [0.25, 0.3) is 10.0 Å². The number of benzene rings is 1. The molecule has 0 atom stereocenters. The number of hydrogen-bond donors (Lipinski definition) is 2. The highest BCUT2D eigenvalue weighted by molar-refractivity contribution is 9.10. The number of nitrogens with two attached hydrogens (primary N) is 1. The van der Waals surface area contributed by atoms with Gasteiger partial charge in [-0.15, -0.1) is 11.3 Å². The Hall–Kier alpha value is -1.22. The van der Waals surface area contributed by atoms with Crippen molar-refractivity contribution in [3.8, 4) is 0 Å². The lowest BCUT2D eigenvalue weighted by Gasteiger charge is -2.06. The molecule has 3 N–H and O–H groups in total. The van der Waals surface area contributed by atoms with Crippen LogP contribution in [0.2, 0.25) is 0 Å². The number of nitrogens with one attached hydrogen (secondary N) is 1. The van der Waals surface area contributed by atoms with Crippen molar-refractivity contribution in [2.45, 2.75) is 10.8 Å². The van der Waals surface area contributed by atoms with Gasteiger partial charge in [0.05, 0.1) is 0 Å². The van der Waals surface area contributed by atoms with Crippen LogP contribution in [0.15, 0.2) is 44.4 Å². The Balaban J connectivity index is 2.15. The highest BCUT2D eigenvalue weighted by atomic mass is 79.9. The maximum absolute atomic E-state index is 12.1. The Morgan fingerprint density at radius 3 is 2.70 bits per heavy atom. The number of primary amides is 1. The number of hydrogen-bond acceptors (Lipinski definition) is 4. The fourth-order valence-electron chi connectivity index (χ4n) is 1.55. The van der Waals surface area contributed by atoms with Gasteiger partial charge in [0.15, 0.2) is 0 Å². The largest absolute Gasteiger partial charge is 0.366 e. The third-order valence-electron chi connectivity index (χ3n) is 2.51. The third kappa shape index (κ3) is 3.45. The predicted octanol–water partition coefficient (Wildman–Crippen LogP) is 2.09. The van der Waals surface area contributed by atoms with E-state index in [-0.39, 0.29) is 10.8 Å². The topological polar surface area (TPSA) is 89.3 Å². The van der Waals surface area contributed by atoms with Gasteiger partial charge < -0.3 is 5.73 Å². The summed E-state index contributed by atoms with van der Waals surface area (Å²) in [6, 6.07) is 8.20. The van der Waals surface area contributed by atoms with Crippen LogP contribution >= 0.6 is 27.3 Å². The molecule has 0 bridgehead atoms. The number of thiophene rings is 1. The van der Waals surface area contributed by atoms with Gasteiger partial charge in [0.1, 0.15) is 4.21 Å². The smallest absolute Gasteiger partial charge is 0.251 e. The standard InChI is InChI=1S/C12H11BrN2O3S2/c13-10-4-5-19-12(10)20(17,18)15-7-8-2-1-3-9(6-8)11(14)16/h1-6,15H,7H2,(H2,14,16). The molecule has 0 fully saturated rings. The van der Waals surface area contributed by atoms with Crippen molar-refractivity contribution >= 4 is 43.2 Å². The molecule has 20 heavy (non-hydrogen) atoms. The Morgan fingerprint density at radius 1 is 1.35 bits per heavy atom. The van der Waals surface area contributed by atoms with E-state index in [1.807, 2.05) is 0 Å². The monoisotopic (exact) mass is 374 g/mol. The van der Waals surface area contributed by atoms with Crippen LogP contribution in [0.3, 0.4) is 0 Å². The van der Waals surface area contributed by atoms with E-state index in [9.17, 15) is 13.2 Å². The van der Waals surface area contributed by atoms with E-state index < -0.39 is 15.9 Å². The summed E-state index contributed by atoms with van der Waals surface area (Å²) in [5.41, 5.74) is 6.19. The van der Waals surface area contributed by atoms with E-state index in [1.165, 1.54) is 0 Å². The van der Waals surface area contributed by atoms with Gasteiger partial charge in [0.2, 0.25) is 5.91 Å². The molecule has 0 radical (unpaired) electrons. The van der Waals surface area contributed by atoms with Crippen molar-refractivity contribution in [2.75, 3.05) is 0 Å². The summed E-state index contributed by atoms with van der Waals surface area (Å²) in [6.07, 6.45) is 0. The van der Waals surface area contributed by atoms with Gasteiger partial charge in [-0.25, -0.2) is 13.1 Å². The van der Waals surface area contributed by atoms with Gasteiger partial charge in [-0.2, -0.15) is 0 Å². The summed E-state index contributed by atoms with van der Waals surface area (Å²) < 4.78 is 27.4. The van der Waals surface area contributed by atoms with Crippen molar-refractivity contribution in [3.63, 3.8) is 0 Å². The first-order valence-corrected chi connectivity index (χ1v) is 8.67. The highest BCUT2D eigenvalue weighted by Gasteiger charge is 2.18. The van der Waals surface area contributed by atoms with E-state index in [0.717, 1.165) is 11.3 Å². The van der Waals surface area contributed by atoms with Gasteiger partial charge in [0, 0.05) is 16.6 Å². The van der Waals surface area contributed by atoms with Crippen molar-refractivity contribution < 1.29 is 13.2 Å². The molecule has 0 aliphatic carbocycles. The van der Waals surface area contributed by atoms with Crippen LogP contribution in [0.5, 0.6) is 0 Å². The summed E-state index contributed by atoms with van der Waals surface area (Å²) in [5.74, 6) is -0.546. The third-order valence-corrected chi connectivity index (χ3v) is 6.58. The maximum atomic E-state index is 12.1. The molecule has 0 aliphatic heterocycles. The summed E-state index contributed by atoms with van der Waals surface area (Å²) in [4.78, 5) is 11.1. The van der Waals surface area contributed by atoms with Crippen LogP contribution in [0.1, 0.15) is 15.9 Å². The second-order valence-corrected chi connectivity index (χ2v) is 7.68. The van der Waals surface area contributed by atoms with Crippen molar-refractivity contribution in [1.29, 1.82) is 0 Å². The fraction of sp³-hybridized carbons (Fsp3) is 0.0833. The molecule has 1 aromatic heterocycles. The molecular formula is C12H11BrN2O3S2. The van der Waals surface area contributed by atoms with Crippen LogP contribution < -0.4 is 10.5 Å². The van der Waals surface area contributed by atoms with Crippen LogP contribution in [0.25, 0.3) is 0 Å². The Kier molecular flexibility index (Phi) is 4.59. The lowest BCUT2D eigenvalue weighted by Crippen LogP contribution is -2.23. The molecule has 1 heterocycles. The molecule has 0 spiro atoms. The van der Waals surface area contributed by atoms with Gasteiger partial charge >= 0.3 is 0 Å². The zero-order valence-electron chi connectivity index (χ0n) is 10.2. The SMILES string of the molecule is NC(=O)c1cccc(CNS(=O)(=O)c2sccc2Br)c1. The number of sulfonamides is 1. The van der Waals surface area contributed by atoms with E-state index >= 15 is 0 Å². The Bertz CT molecular complexity index is 741. The summed E-state index contributed by atoms with van der Waals surface area (Å²) in [5, 5.41) is 1.69. The molecule has 1 aromatic carbocycles. The lowest BCUT2D eigenvalue weighted by atomic mass is 10.1. The number of carbonyl (C=O) groups excluding carboxylic acids is 1. The molecule has 1 amide bonds. The first-order valence-electron chi connectivity index (χ1n) is 5.51. The molecule has 5 nitrogen and oxygen atoms in total. The first-order chi connectivity index (χ1) is 9.40. The second-order valence-electron chi connectivity index (χ2n) is 3.95. The molecular weight excluding hydrogens is 364 g/mol. The number of carbonyl (C=O) groups is 1. The molecule has 0 saturated carbocycles. The van der Waals surface area contributed by atoms with Crippen LogP contribution in [-0.4, -0.2) is 14.3 Å². The van der Waals surface area contributed by atoms with E-state index in [1.54, 1.807) is 35.7 Å².